The van der Waals surface area contributed by atoms with Gasteiger partial charge in [-0.15, -0.1) is 34.0 Å². The second-order valence-electron chi connectivity index (χ2n) is 22.1. The van der Waals surface area contributed by atoms with Crippen molar-refractivity contribution >= 4 is 139 Å². The zero-order valence-electron chi connectivity index (χ0n) is 49.0. The van der Waals surface area contributed by atoms with Gasteiger partial charge in [0.2, 0.25) is 0 Å². The number of hydrogen-bond donors (Lipinski definition) is 2. The Morgan fingerprint density at radius 2 is 0.570 bits per heavy atom. The molecule has 0 aliphatic rings. The van der Waals surface area contributed by atoms with Crippen molar-refractivity contribution in [3.8, 4) is 90.1 Å². The number of thiophene rings is 3. The van der Waals surface area contributed by atoms with Gasteiger partial charge in [-0.25, -0.2) is 19.9 Å². The monoisotopic (exact) mass is 1380 g/mol. The Morgan fingerprint density at radius 3 is 0.946 bits per heavy atom. The molecular weight excluding hydrogens is 1330 g/mol. The normalized spacial score (nSPS) is 11.1. The van der Waals surface area contributed by atoms with Gasteiger partial charge in [-0.3, -0.25) is 0 Å². The molecule has 446 valence electrons. The predicted octanol–water partition coefficient (Wildman–Crippen LogP) is 22.9. The lowest BCUT2D eigenvalue weighted by Crippen LogP contribution is -2.29. The molecule has 0 spiro atoms. The Labute approximate surface area is 567 Å². The number of aromatic nitrogens is 4. The molecule has 2 N–H and O–H groups in total. The van der Waals surface area contributed by atoms with E-state index in [4.69, 9.17) is 19.9 Å². The summed E-state index contributed by atoms with van der Waals surface area (Å²) < 4.78 is 9.28. The lowest BCUT2D eigenvalue weighted by Gasteiger charge is -2.14. The number of hydrogen-bond acceptors (Lipinski definition) is 9. The summed E-state index contributed by atoms with van der Waals surface area (Å²) in [5.41, 5.74) is 15.2. The lowest BCUT2D eigenvalue weighted by atomic mass is 9.80. The minimum atomic E-state index is -1.41. The molecule has 5 aromatic heterocycles. The summed E-state index contributed by atoms with van der Waals surface area (Å²) in [7, 11) is -1.41. The van der Waals surface area contributed by atoms with Gasteiger partial charge in [0, 0.05) is 97.5 Å². The molecule has 0 radical (unpaired) electrons. The first-order valence-electron chi connectivity index (χ1n) is 29.9. The average Bonchev–Trinajstić information content (AvgIpc) is 1.69. The van der Waals surface area contributed by atoms with Gasteiger partial charge in [0.1, 0.15) is 0 Å². The van der Waals surface area contributed by atoms with E-state index in [1.165, 1.54) is 61.6 Å². The number of halogens is 2. The van der Waals surface area contributed by atoms with Crippen LogP contribution in [-0.2, 0) is 0 Å². The van der Waals surface area contributed by atoms with Gasteiger partial charge in [0.05, 0.1) is 22.8 Å². The van der Waals surface area contributed by atoms with Crippen LogP contribution in [0.4, 0.5) is 0 Å². The summed E-state index contributed by atoms with van der Waals surface area (Å²) in [6.07, 6.45) is 0. The van der Waals surface area contributed by atoms with Crippen molar-refractivity contribution in [3.05, 3.63) is 306 Å². The largest absolute Gasteiger partial charge is 0.489 e. The van der Waals surface area contributed by atoms with Crippen LogP contribution >= 0.6 is 65.9 Å². The van der Waals surface area contributed by atoms with Crippen LogP contribution in [0, 0.1) is 0 Å². The highest BCUT2D eigenvalue weighted by atomic mass is 79.9. The van der Waals surface area contributed by atoms with Gasteiger partial charge in [0.15, 0.2) is 11.6 Å². The van der Waals surface area contributed by atoms with Crippen molar-refractivity contribution in [3.63, 3.8) is 0 Å². The zero-order chi connectivity index (χ0) is 62.1. The van der Waals surface area contributed by atoms with Crippen LogP contribution < -0.4 is 5.46 Å². The minimum Gasteiger partial charge on any atom is -0.423 e. The third-order valence-corrected chi connectivity index (χ3v) is 20.8. The fourth-order valence-corrected chi connectivity index (χ4v) is 16.9. The molecule has 0 saturated heterocycles. The van der Waals surface area contributed by atoms with Crippen LogP contribution in [0.2, 0.25) is 0 Å². The SMILES string of the molecule is Brc1cc(Br)cc(-c2nc(-c3ccccc3)cc(-c3ccccc3)n2)c1.C.OB(O)c1cccc2c1sc1ccccc12.c1ccc(-c2cc(-c3ccccc3)nc(-c3cc(-c4cccc5c4sc4ccccc45)cc(-c4cccc5c4sc4ccccc45)c3)n2)cc1. The molecule has 0 amide bonds. The van der Waals surface area contributed by atoms with Gasteiger partial charge in [-0.2, -0.15) is 0 Å². The molecule has 0 aliphatic heterocycles. The molecular formula is C81H55BBr2N4O2S3. The number of rotatable bonds is 9. The lowest BCUT2D eigenvalue weighted by molar-refractivity contribution is 0.426. The Balaban J connectivity index is 0.000000144. The number of benzene rings is 12. The molecule has 6 nitrogen and oxygen atoms in total. The van der Waals surface area contributed by atoms with Crippen LogP contribution in [0.1, 0.15) is 7.43 Å². The Morgan fingerprint density at radius 1 is 0.269 bits per heavy atom. The molecule has 17 aromatic rings. The standard InChI is InChI=1S/C46H28N2S2.C22H14Br2N2.C12H9BO2S.CH4/c1-3-13-29(14-4-1)40-28-41(30-15-5-2-6-16-30)48-46(47-40)33-26-31(34-19-11-21-38-36-17-7-9-23-42(36)49-44(34)38)25-32(27-33)35-20-12-22-39-37-18-8-10-24-43(37)50-45(35)39;23-18-11-17(12-19(24)13-18)22-25-20(15-7-3-1-4-8-15)14-21(26-22)16-9-5-2-6-10-16;14-13(15)10-6-3-5-9-8-4-1-2-7-11(8)16-12(9)10;/h1-28H;1-14H;1-7,14-15H;1H4. The van der Waals surface area contributed by atoms with Crippen LogP contribution in [0.15, 0.2) is 306 Å². The average molecular weight is 1380 g/mol. The fourth-order valence-electron chi connectivity index (χ4n) is 11.9. The van der Waals surface area contributed by atoms with Crippen LogP contribution in [0.5, 0.6) is 0 Å². The molecule has 0 unspecified atom stereocenters. The molecule has 12 heteroatoms. The van der Waals surface area contributed by atoms with Crippen molar-refractivity contribution < 1.29 is 10.0 Å². The summed E-state index contributed by atoms with van der Waals surface area (Å²) in [6, 6.07) is 103. The summed E-state index contributed by atoms with van der Waals surface area (Å²) >= 11 is 12.4. The molecule has 5 heterocycles. The van der Waals surface area contributed by atoms with Crippen LogP contribution in [0.3, 0.4) is 0 Å². The summed E-state index contributed by atoms with van der Waals surface area (Å²) in [4.78, 5) is 20.2. The van der Waals surface area contributed by atoms with E-state index >= 15 is 0 Å². The Hall–Kier alpha value is -9.60. The molecule has 0 bridgehead atoms. The van der Waals surface area contributed by atoms with E-state index in [1.807, 2.05) is 126 Å². The van der Waals surface area contributed by atoms with E-state index in [0.717, 1.165) is 86.3 Å². The van der Waals surface area contributed by atoms with Gasteiger partial charge in [-0.1, -0.05) is 270 Å². The number of nitrogens with zero attached hydrogens (tertiary/aromatic N) is 4. The second kappa shape index (κ2) is 26.9. The van der Waals surface area contributed by atoms with E-state index in [-0.39, 0.29) is 7.43 Å². The van der Waals surface area contributed by atoms with E-state index in [9.17, 15) is 10.0 Å². The summed E-state index contributed by atoms with van der Waals surface area (Å²) in [6.45, 7) is 0. The van der Waals surface area contributed by atoms with Crippen LogP contribution in [0.25, 0.3) is 151 Å². The van der Waals surface area contributed by atoms with Crippen molar-refractivity contribution in [2.75, 3.05) is 0 Å². The molecule has 12 aromatic carbocycles. The summed E-state index contributed by atoms with van der Waals surface area (Å²) in [5, 5.41) is 26.0. The highest BCUT2D eigenvalue weighted by molar-refractivity contribution is 9.11. The Bertz CT molecular complexity index is 5280. The van der Waals surface area contributed by atoms with Gasteiger partial charge < -0.3 is 10.0 Å². The first-order valence-corrected chi connectivity index (χ1v) is 34.0. The molecule has 0 aliphatic carbocycles. The van der Waals surface area contributed by atoms with Crippen molar-refractivity contribution in [2.45, 2.75) is 7.43 Å². The highest BCUT2D eigenvalue weighted by Gasteiger charge is 2.20. The maximum absolute atomic E-state index is 9.31. The smallest absolute Gasteiger partial charge is 0.423 e. The second-order valence-corrected chi connectivity index (χ2v) is 27.1. The Kier molecular flexibility index (Phi) is 17.6. The van der Waals surface area contributed by atoms with Crippen LogP contribution in [-0.4, -0.2) is 37.1 Å². The van der Waals surface area contributed by atoms with Gasteiger partial charge in [0.25, 0.3) is 0 Å². The first kappa shape index (κ1) is 60.9. The molecule has 0 fully saturated rings. The van der Waals surface area contributed by atoms with E-state index in [0.29, 0.717) is 17.1 Å². The molecule has 17 rings (SSSR count). The maximum atomic E-state index is 9.31. The number of fused-ring (bicyclic) bond motifs is 9. The van der Waals surface area contributed by atoms with Crippen molar-refractivity contribution in [1.29, 1.82) is 0 Å². The third-order valence-electron chi connectivity index (χ3n) is 16.2. The van der Waals surface area contributed by atoms with Gasteiger partial charge >= 0.3 is 7.12 Å². The summed E-state index contributed by atoms with van der Waals surface area (Å²) in [5.74, 6) is 1.41. The molecule has 0 atom stereocenters. The third kappa shape index (κ3) is 12.6. The first-order chi connectivity index (χ1) is 45.2. The van der Waals surface area contributed by atoms with E-state index in [2.05, 4.69) is 220 Å². The topological polar surface area (TPSA) is 92.0 Å². The predicted molar refractivity (Wildman–Crippen MR) is 405 cm³/mol. The highest BCUT2D eigenvalue weighted by Crippen LogP contribution is 2.45. The zero-order valence-corrected chi connectivity index (χ0v) is 54.7. The van der Waals surface area contributed by atoms with Crippen molar-refractivity contribution in [2.24, 2.45) is 0 Å². The maximum Gasteiger partial charge on any atom is 0.489 e. The minimum absolute atomic E-state index is 0. The molecule has 93 heavy (non-hydrogen) atoms. The van der Waals surface area contributed by atoms with Crippen molar-refractivity contribution in [1.82, 2.24) is 19.9 Å². The van der Waals surface area contributed by atoms with E-state index < -0.39 is 7.12 Å². The fraction of sp³-hybridized carbons (Fsp3) is 0.0123. The quantitative estimate of drug-likeness (QED) is 0.140. The van der Waals surface area contributed by atoms with Gasteiger partial charge in [-0.05, 0) is 99.8 Å². The van der Waals surface area contributed by atoms with E-state index in [1.54, 1.807) is 17.4 Å². The molecule has 0 saturated carbocycles.